The highest BCUT2D eigenvalue weighted by atomic mass is 35.5. The lowest BCUT2D eigenvalue weighted by Crippen LogP contribution is -2.23. The second-order valence-corrected chi connectivity index (χ2v) is 6.98. The minimum absolute atomic E-state index is 0.197. The van der Waals surface area contributed by atoms with E-state index in [0.717, 1.165) is 16.8 Å². The largest absolute Gasteiger partial charge is 0.320 e. The van der Waals surface area contributed by atoms with Gasteiger partial charge in [0.05, 0.1) is 11.4 Å². The number of para-hydroxylation sites is 1. The predicted molar refractivity (Wildman–Crippen MR) is 109 cm³/mol. The van der Waals surface area contributed by atoms with Crippen LogP contribution in [0.4, 0.5) is 5.69 Å². The number of aryl methyl sites for hydroxylation is 2. The zero-order valence-electron chi connectivity index (χ0n) is 15.6. The van der Waals surface area contributed by atoms with Crippen molar-refractivity contribution in [1.82, 2.24) is 9.36 Å². The summed E-state index contributed by atoms with van der Waals surface area (Å²) in [6.45, 7) is 3.75. The molecule has 140 valence electrons. The molecule has 3 rings (SSSR count). The molecule has 0 aliphatic heterocycles. The van der Waals surface area contributed by atoms with E-state index in [0.29, 0.717) is 22.8 Å². The highest BCUT2D eigenvalue weighted by molar-refractivity contribution is 6.31. The van der Waals surface area contributed by atoms with Gasteiger partial charge in [-0.25, -0.2) is 4.68 Å². The van der Waals surface area contributed by atoms with Gasteiger partial charge in [-0.05, 0) is 49.6 Å². The zero-order chi connectivity index (χ0) is 19.6. The van der Waals surface area contributed by atoms with Crippen molar-refractivity contribution in [3.8, 4) is 5.69 Å². The maximum absolute atomic E-state index is 12.8. The molecule has 1 heterocycles. The summed E-state index contributed by atoms with van der Waals surface area (Å²) in [7, 11) is 1.80. The number of amides is 1. The van der Waals surface area contributed by atoms with Gasteiger partial charge in [-0.1, -0.05) is 41.9 Å². The monoisotopic (exact) mass is 383 g/mol. The average Bonchev–Trinajstić information content (AvgIpc) is 2.87. The molecule has 0 bridgehead atoms. The van der Waals surface area contributed by atoms with Crippen LogP contribution in [0.25, 0.3) is 5.69 Å². The Morgan fingerprint density at radius 3 is 2.48 bits per heavy atom. The van der Waals surface area contributed by atoms with Crippen molar-refractivity contribution in [1.29, 1.82) is 0 Å². The summed E-state index contributed by atoms with van der Waals surface area (Å²) in [5.74, 6) is -0.197. The van der Waals surface area contributed by atoms with Crippen molar-refractivity contribution in [2.45, 2.75) is 26.7 Å². The Labute approximate surface area is 163 Å². The quantitative estimate of drug-likeness (QED) is 0.723. The van der Waals surface area contributed by atoms with E-state index in [9.17, 15) is 9.59 Å². The molecule has 6 heteroatoms. The second kappa shape index (κ2) is 7.84. The van der Waals surface area contributed by atoms with Crippen LogP contribution in [-0.2, 0) is 18.3 Å². The van der Waals surface area contributed by atoms with E-state index in [1.165, 1.54) is 0 Å². The number of nitrogens with zero attached hydrogens (tertiary/aromatic N) is 2. The van der Waals surface area contributed by atoms with Crippen LogP contribution in [0.1, 0.15) is 23.2 Å². The molecule has 1 N–H and O–H groups in total. The van der Waals surface area contributed by atoms with E-state index < -0.39 is 0 Å². The molecule has 3 aromatic rings. The molecule has 2 aromatic carbocycles. The van der Waals surface area contributed by atoms with Gasteiger partial charge in [-0.2, -0.15) is 0 Å². The minimum atomic E-state index is -0.243. The van der Waals surface area contributed by atoms with Crippen molar-refractivity contribution in [3.63, 3.8) is 0 Å². The molecule has 1 aromatic heterocycles. The van der Waals surface area contributed by atoms with Crippen molar-refractivity contribution < 1.29 is 4.79 Å². The average molecular weight is 384 g/mol. The van der Waals surface area contributed by atoms with Gasteiger partial charge in [-0.3, -0.25) is 14.3 Å². The number of aromatic nitrogens is 2. The highest BCUT2D eigenvalue weighted by Gasteiger charge is 2.18. The number of halogens is 1. The first-order chi connectivity index (χ1) is 12.9. The lowest BCUT2D eigenvalue weighted by Gasteiger charge is -2.07. The first kappa shape index (κ1) is 19.0. The maximum atomic E-state index is 12.8. The predicted octanol–water partition coefficient (Wildman–Crippen LogP) is 4.02. The highest BCUT2D eigenvalue weighted by Crippen LogP contribution is 2.18. The van der Waals surface area contributed by atoms with Crippen LogP contribution in [0.2, 0.25) is 5.02 Å². The molecule has 0 spiro atoms. The molecular formula is C21H22ClN3O2. The third-order valence-electron chi connectivity index (χ3n) is 4.70. The molecular weight excluding hydrogens is 362 g/mol. The first-order valence-electron chi connectivity index (χ1n) is 8.77. The molecule has 1 amide bonds. The topological polar surface area (TPSA) is 56.0 Å². The Bertz CT molecular complexity index is 1040. The van der Waals surface area contributed by atoms with Crippen LogP contribution in [-0.4, -0.2) is 15.3 Å². The van der Waals surface area contributed by atoms with Gasteiger partial charge >= 0.3 is 0 Å². The lowest BCUT2D eigenvalue weighted by molar-refractivity contribution is -0.116. The van der Waals surface area contributed by atoms with Gasteiger partial charge in [-0.15, -0.1) is 0 Å². The molecule has 0 atom stereocenters. The number of anilines is 1. The van der Waals surface area contributed by atoms with Crippen molar-refractivity contribution in [2.75, 3.05) is 5.32 Å². The van der Waals surface area contributed by atoms with E-state index in [-0.39, 0.29) is 17.9 Å². The second-order valence-electron chi connectivity index (χ2n) is 6.57. The number of nitrogens with one attached hydrogen (secondary N) is 1. The van der Waals surface area contributed by atoms with Crippen LogP contribution in [0, 0.1) is 13.8 Å². The van der Waals surface area contributed by atoms with Crippen LogP contribution in [0.5, 0.6) is 0 Å². The standard InChI is InChI=1S/C21H22ClN3O2/c1-14-9-10-16(13-18(14)22)11-12-19(26)23-20-15(2)24(3)25(21(20)27)17-7-5-4-6-8-17/h4-10,13H,11-12H2,1-3H3,(H,23,26). The Hall–Kier alpha value is -2.79. The molecule has 0 aliphatic rings. The third kappa shape index (κ3) is 3.98. The summed E-state index contributed by atoms with van der Waals surface area (Å²) in [5.41, 5.74) is 3.53. The van der Waals surface area contributed by atoms with Crippen molar-refractivity contribution in [2.24, 2.45) is 7.05 Å². The first-order valence-corrected chi connectivity index (χ1v) is 9.15. The molecule has 0 radical (unpaired) electrons. The maximum Gasteiger partial charge on any atom is 0.295 e. The van der Waals surface area contributed by atoms with Crippen LogP contribution in [0.15, 0.2) is 53.3 Å². The van der Waals surface area contributed by atoms with Gasteiger partial charge in [0.15, 0.2) is 0 Å². The summed E-state index contributed by atoms with van der Waals surface area (Å²) in [5, 5.41) is 3.47. The fraction of sp³-hybridized carbons (Fsp3) is 0.238. The SMILES string of the molecule is Cc1ccc(CCC(=O)Nc2c(C)n(C)n(-c3ccccc3)c2=O)cc1Cl. The number of benzene rings is 2. The van der Waals surface area contributed by atoms with Crippen LogP contribution >= 0.6 is 11.6 Å². The Morgan fingerprint density at radius 2 is 1.81 bits per heavy atom. The van der Waals surface area contributed by atoms with Gasteiger partial charge in [0.1, 0.15) is 5.69 Å². The van der Waals surface area contributed by atoms with Gasteiger partial charge in [0, 0.05) is 18.5 Å². The Kier molecular flexibility index (Phi) is 5.51. The Balaban J connectivity index is 1.76. The third-order valence-corrected chi connectivity index (χ3v) is 5.10. The summed E-state index contributed by atoms with van der Waals surface area (Å²) in [4.78, 5) is 25.2. The van der Waals surface area contributed by atoms with Crippen molar-refractivity contribution >= 4 is 23.2 Å². The summed E-state index contributed by atoms with van der Waals surface area (Å²) >= 11 is 6.13. The summed E-state index contributed by atoms with van der Waals surface area (Å²) in [6, 6.07) is 15.1. The molecule has 0 saturated heterocycles. The van der Waals surface area contributed by atoms with E-state index in [4.69, 9.17) is 11.6 Å². The molecule has 0 aliphatic carbocycles. The smallest absolute Gasteiger partial charge is 0.295 e. The molecule has 0 saturated carbocycles. The normalized spacial score (nSPS) is 10.8. The van der Waals surface area contributed by atoms with E-state index >= 15 is 0 Å². The molecule has 27 heavy (non-hydrogen) atoms. The van der Waals surface area contributed by atoms with Crippen molar-refractivity contribution in [3.05, 3.63) is 80.7 Å². The number of hydrogen-bond donors (Lipinski definition) is 1. The number of carbonyl (C=O) groups is 1. The Morgan fingerprint density at radius 1 is 1.11 bits per heavy atom. The molecule has 0 unspecified atom stereocenters. The molecule has 0 fully saturated rings. The number of hydrogen-bond acceptors (Lipinski definition) is 2. The minimum Gasteiger partial charge on any atom is -0.320 e. The van der Waals surface area contributed by atoms with Gasteiger partial charge in [0.25, 0.3) is 5.56 Å². The van der Waals surface area contributed by atoms with E-state index in [1.807, 2.05) is 62.4 Å². The lowest BCUT2D eigenvalue weighted by atomic mass is 10.1. The zero-order valence-corrected chi connectivity index (χ0v) is 16.4. The number of carbonyl (C=O) groups excluding carboxylic acids is 1. The fourth-order valence-electron chi connectivity index (χ4n) is 2.96. The molecule has 5 nitrogen and oxygen atoms in total. The van der Waals surface area contributed by atoms with Gasteiger partial charge < -0.3 is 5.32 Å². The fourth-order valence-corrected chi connectivity index (χ4v) is 3.17. The summed E-state index contributed by atoms with van der Waals surface area (Å²) < 4.78 is 3.29. The van der Waals surface area contributed by atoms with Crippen LogP contribution in [0.3, 0.4) is 0 Å². The van der Waals surface area contributed by atoms with E-state index in [2.05, 4.69) is 5.32 Å². The number of rotatable bonds is 5. The van der Waals surface area contributed by atoms with Gasteiger partial charge in [0.2, 0.25) is 5.91 Å². The van der Waals surface area contributed by atoms with Crippen LogP contribution < -0.4 is 10.9 Å². The summed E-state index contributed by atoms with van der Waals surface area (Å²) in [6.07, 6.45) is 0.836. The van der Waals surface area contributed by atoms with E-state index in [1.54, 1.807) is 16.4 Å².